The van der Waals surface area contributed by atoms with Crippen LogP contribution in [-0.2, 0) is 0 Å². The third kappa shape index (κ3) is 4.35. The summed E-state index contributed by atoms with van der Waals surface area (Å²) in [6.07, 6.45) is 0. The SMILES string of the molecule is N#Cc1ccc(N(c2ccccc2)[PH+](c2ccc(C#N)cc2)c2ccc(C#N)cc2)cc1. The number of benzene rings is 4. The lowest BCUT2D eigenvalue weighted by atomic mass is 10.2. The molecule has 0 aromatic heterocycles. The summed E-state index contributed by atoms with van der Waals surface area (Å²) < 4.78 is 2.30. The Balaban J connectivity index is 1.93. The van der Waals surface area contributed by atoms with Crippen molar-refractivity contribution in [1.29, 1.82) is 15.8 Å². The summed E-state index contributed by atoms with van der Waals surface area (Å²) in [4.78, 5) is 0. The van der Waals surface area contributed by atoms with Gasteiger partial charge in [0.1, 0.15) is 10.6 Å². The zero-order chi connectivity index (χ0) is 22.3. The standard InChI is InChI=1S/C27H17N4P/c28-18-21-6-12-25(13-7-21)31(24-4-2-1-3-5-24)32(26-14-8-22(19-29)9-15-26)27-16-10-23(20-30)11-17-27/h1-17H/p+1. The molecule has 0 saturated heterocycles. The second-order valence-electron chi connectivity index (χ2n) is 7.06. The Bertz CT molecular complexity index is 1270. The zero-order valence-electron chi connectivity index (χ0n) is 17.1. The molecule has 0 unspecified atom stereocenters. The summed E-state index contributed by atoms with van der Waals surface area (Å²) in [5, 5.41) is 29.9. The molecule has 32 heavy (non-hydrogen) atoms. The predicted octanol–water partition coefficient (Wildman–Crippen LogP) is 5.22. The first kappa shape index (κ1) is 20.8. The van der Waals surface area contributed by atoms with Gasteiger partial charge < -0.3 is 0 Å². The van der Waals surface area contributed by atoms with Crippen LogP contribution >= 0.6 is 8.07 Å². The van der Waals surface area contributed by atoms with Gasteiger partial charge in [-0.25, -0.2) is 4.67 Å². The number of nitriles is 3. The molecule has 0 bridgehead atoms. The molecule has 4 rings (SSSR count). The van der Waals surface area contributed by atoms with Crippen LogP contribution in [-0.4, -0.2) is 0 Å². The van der Waals surface area contributed by atoms with Crippen molar-refractivity contribution in [2.24, 2.45) is 0 Å². The average Bonchev–Trinajstić information content (AvgIpc) is 2.88. The van der Waals surface area contributed by atoms with Gasteiger partial charge in [0.15, 0.2) is 8.07 Å². The molecule has 0 saturated carbocycles. The number of nitrogens with zero attached hydrogens (tertiary/aromatic N) is 4. The van der Waals surface area contributed by atoms with Gasteiger partial charge in [-0.05, 0) is 84.9 Å². The highest BCUT2D eigenvalue weighted by atomic mass is 31.1. The maximum absolute atomic E-state index is 9.25. The molecule has 4 aromatic rings. The smallest absolute Gasteiger partial charge is 0.163 e. The Morgan fingerprint density at radius 3 is 1.25 bits per heavy atom. The second kappa shape index (κ2) is 9.59. The van der Waals surface area contributed by atoms with E-state index in [1.807, 2.05) is 91.0 Å². The highest BCUT2D eigenvalue weighted by molar-refractivity contribution is 7.74. The fraction of sp³-hybridized carbons (Fsp3) is 0. The van der Waals surface area contributed by atoms with Gasteiger partial charge in [-0.3, -0.25) is 0 Å². The third-order valence-electron chi connectivity index (χ3n) is 5.07. The number of para-hydroxylation sites is 1. The zero-order valence-corrected chi connectivity index (χ0v) is 18.1. The molecule has 0 N–H and O–H groups in total. The van der Waals surface area contributed by atoms with Gasteiger partial charge in [0.05, 0.1) is 46.3 Å². The van der Waals surface area contributed by atoms with Crippen molar-refractivity contribution in [3.05, 3.63) is 120 Å². The quantitative estimate of drug-likeness (QED) is 0.408. The van der Waals surface area contributed by atoms with Crippen molar-refractivity contribution >= 4 is 30.1 Å². The number of rotatable bonds is 5. The summed E-state index contributed by atoms with van der Waals surface area (Å²) in [6, 6.07) is 39.6. The molecular formula is C27H18N4P+. The summed E-state index contributed by atoms with van der Waals surface area (Å²) >= 11 is 0. The first-order valence-electron chi connectivity index (χ1n) is 9.97. The van der Waals surface area contributed by atoms with Crippen LogP contribution in [0.2, 0.25) is 0 Å². The molecule has 0 amide bonds. The minimum absolute atomic E-state index is 0.604. The van der Waals surface area contributed by atoms with Crippen LogP contribution in [0.4, 0.5) is 11.4 Å². The minimum Gasteiger partial charge on any atom is -0.211 e. The van der Waals surface area contributed by atoms with Crippen LogP contribution < -0.4 is 15.3 Å². The molecule has 5 heteroatoms. The summed E-state index contributed by atoms with van der Waals surface area (Å²) in [7, 11) is -1.58. The van der Waals surface area contributed by atoms with Gasteiger partial charge in [-0.1, -0.05) is 18.2 Å². The number of hydrogen-bond acceptors (Lipinski definition) is 4. The molecule has 0 fully saturated rings. The summed E-state index contributed by atoms with van der Waals surface area (Å²) in [5.41, 5.74) is 3.82. The Hall–Kier alpha value is -4.42. The third-order valence-corrected chi connectivity index (χ3v) is 7.79. The Kier molecular flexibility index (Phi) is 6.25. The Morgan fingerprint density at radius 2 is 0.844 bits per heavy atom. The summed E-state index contributed by atoms with van der Waals surface area (Å²) in [6.45, 7) is 0. The lowest BCUT2D eigenvalue weighted by molar-refractivity contribution is 1.40. The van der Waals surface area contributed by atoms with Crippen molar-refractivity contribution in [3.8, 4) is 18.2 Å². The Morgan fingerprint density at radius 1 is 0.469 bits per heavy atom. The van der Waals surface area contributed by atoms with E-state index in [1.165, 1.54) is 0 Å². The van der Waals surface area contributed by atoms with Gasteiger partial charge in [0.25, 0.3) is 0 Å². The van der Waals surface area contributed by atoms with E-state index >= 15 is 0 Å². The molecule has 0 atom stereocenters. The van der Waals surface area contributed by atoms with Crippen molar-refractivity contribution in [1.82, 2.24) is 0 Å². The van der Waals surface area contributed by atoms with E-state index in [0.717, 1.165) is 22.0 Å². The molecule has 0 spiro atoms. The highest BCUT2D eigenvalue weighted by Crippen LogP contribution is 2.47. The van der Waals surface area contributed by atoms with Crippen molar-refractivity contribution in [3.63, 3.8) is 0 Å². The van der Waals surface area contributed by atoms with Crippen LogP contribution in [0.25, 0.3) is 0 Å². The fourth-order valence-corrected chi connectivity index (χ4v) is 6.13. The van der Waals surface area contributed by atoms with Gasteiger partial charge in [-0.15, -0.1) is 0 Å². The second-order valence-corrected chi connectivity index (χ2v) is 9.36. The first-order chi connectivity index (χ1) is 15.7. The average molecular weight is 429 g/mol. The van der Waals surface area contributed by atoms with E-state index in [2.05, 4.69) is 35.0 Å². The molecule has 0 aliphatic heterocycles. The Labute approximate surface area is 188 Å². The van der Waals surface area contributed by atoms with Gasteiger partial charge >= 0.3 is 0 Å². The van der Waals surface area contributed by atoms with Gasteiger partial charge in [0, 0.05) is 0 Å². The van der Waals surface area contributed by atoms with Crippen LogP contribution in [0.15, 0.2) is 103 Å². The molecule has 150 valence electrons. The predicted molar refractivity (Wildman–Crippen MR) is 130 cm³/mol. The van der Waals surface area contributed by atoms with E-state index in [9.17, 15) is 15.8 Å². The molecule has 4 aromatic carbocycles. The van der Waals surface area contributed by atoms with E-state index in [1.54, 1.807) is 0 Å². The minimum atomic E-state index is -1.58. The van der Waals surface area contributed by atoms with Crippen LogP contribution in [0.5, 0.6) is 0 Å². The molecular weight excluding hydrogens is 411 g/mol. The van der Waals surface area contributed by atoms with Crippen molar-refractivity contribution in [2.45, 2.75) is 0 Å². The normalized spacial score (nSPS) is 10.1. The molecule has 0 radical (unpaired) electrons. The topological polar surface area (TPSA) is 74.6 Å². The maximum Gasteiger partial charge on any atom is 0.163 e. The fourth-order valence-electron chi connectivity index (χ4n) is 3.50. The molecule has 0 aliphatic rings. The molecule has 0 aliphatic carbocycles. The van der Waals surface area contributed by atoms with Crippen LogP contribution in [0.3, 0.4) is 0 Å². The van der Waals surface area contributed by atoms with E-state index in [-0.39, 0.29) is 0 Å². The van der Waals surface area contributed by atoms with Crippen LogP contribution in [0, 0.1) is 34.0 Å². The summed E-state index contributed by atoms with van der Waals surface area (Å²) in [5.74, 6) is 0. The molecule has 0 heterocycles. The van der Waals surface area contributed by atoms with E-state index in [4.69, 9.17) is 0 Å². The maximum atomic E-state index is 9.25. The van der Waals surface area contributed by atoms with Crippen molar-refractivity contribution < 1.29 is 0 Å². The lowest BCUT2D eigenvalue weighted by Gasteiger charge is -2.27. The molecule has 4 nitrogen and oxygen atoms in total. The number of anilines is 2. The number of hydrogen-bond donors (Lipinski definition) is 0. The first-order valence-corrected chi connectivity index (χ1v) is 11.4. The monoisotopic (exact) mass is 429 g/mol. The van der Waals surface area contributed by atoms with E-state index in [0.29, 0.717) is 16.7 Å². The lowest BCUT2D eigenvalue weighted by Crippen LogP contribution is -2.25. The highest BCUT2D eigenvalue weighted by Gasteiger charge is 2.33. The van der Waals surface area contributed by atoms with Gasteiger partial charge in [0.2, 0.25) is 0 Å². The van der Waals surface area contributed by atoms with Crippen molar-refractivity contribution in [2.75, 3.05) is 4.67 Å². The van der Waals surface area contributed by atoms with Crippen LogP contribution in [0.1, 0.15) is 16.7 Å². The largest absolute Gasteiger partial charge is 0.211 e. The van der Waals surface area contributed by atoms with Gasteiger partial charge in [-0.2, -0.15) is 15.8 Å². The van der Waals surface area contributed by atoms with E-state index < -0.39 is 8.07 Å².